The molecule has 0 saturated heterocycles. The van der Waals surface area contributed by atoms with Gasteiger partial charge in [0.05, 0.1) is 12.1 Å². The van der Waals surface area contributed by atoms with E-state index in [0.717, 1.165) is 10.9 Å². The fourth-order valence-corrected chi connectivity index (χ4v) is 2.02. The van der Waals surface area contributed by atoms with Gasteiger partial charge in [-0.25, -0.2) is 4.39 Å². The maximum absolute atomic E-state index is 13.8. The first-order valence-corrected chi connectivity index (χ1v) is 5.42. The van der Waals surface area contributed by atoms with E-state index in [9.17, 15) is 4.39 Å². The molecule has 0 atom stereocenters. The van der Waals surface area contributed by atoms with Gasteiger partial charge in [-0.1, -0.05) is 12.1 Å². The van der Waals surface area contributed by atoms with E-state index >= 15 is 0 Å². The molecule has 1 aromatic heterocycles. The lowest BCUT2D eigenvalue weighted by atomic mass is 10.2. The first kappa shape index (κ1) is 11.1. The zero-order valence-corrected chi connectivity index (χ0v) is 9.83. The van der Waals surface area contributed by atoms with Gasteiger partial charge >= 0.3 is 0 Å². The number of hydrogen-bond donors (Lipinski definition) is 0. The average molecular weight is 221 g/mol. The molecule has 0 aliphatic rings. The standard InChI is InChI=1S/C13H16FNO/c1-9(2)15-7-10(8-16-3)11-5-4-6-12(14)13(11)15/h4-7,9H,8H2,1-3H3. The quantitative estimate of drug-likeness (QED) is 0.773. The van der Waals surface area contributed by atoms with Crippen LogP contribution < -0.4 is 0 Å². The normalized spacial score (nSPS) is 11.6. The van der Waals surface area contributed by atoms with Gasteiger partial charge in [-0.2, -0.15) is 0 Å². The summed E-state index contributed by atoms with van der Waals surface area (Å²) in [4.78, 5) is 0. The molecule has 0 aliphatic heterocycles. The van der Waals surface area contributed by atoms with Crippen molar-refractivity contribution in [1.82, 2.24) is 4.57 Å². The summed E-state index contributed by atoms with van der Waals surface area (Å²) in [6.45, 7) is 4.60. The second-order valence-electron chi connectivity index (χ2n) is 4.22. The number of methoxy groups -OCH3 is 1. The molecular formula is C13H16FNO. The number of halogens is 1. The molecule has 0 radical (unpaired) electrons. The lowest BCUT2D eigenvalue weighted by molar-refractivity contribution is 0.185. The van der Waals surface area contributed by atoms with Crippen molar-refractivity contribution < 1.29 is 9.13 Å². The van der Waals surface area contributed by atoms with Gasteiger partial charge in [0, 0.05) is 30.3 Å². The molecule has 2 nitrogen and oxygen atoms in total. The highest BCUT2D eigenvalue weighted by Crippen LogP contribution is 2.27. The number of ether oxygens (including phenoxy) is 1. The van der Waals surface area contributed by atoms with E-state index in [1.54, 1.807) is 13.2 Å². The van der Waals surface area contributed by atoms with Gasteiger partial charge in [0.1, 0.15) is 5.82 Å². The first-order valence-electron chi connectivity index (χ1n) is 5.42. The molecule has 0 fully saturated rings. The Kier molecular flexibility index (Phi) is 2.97. The maximum atomic E-state index is 13.8. The molecule has 16 heavy (non-hydrogen) atoms. The van der Waals surface area contributed by atoms with E-state index in [4.69, 9.17) is 4.74 Å². The third-order valence-corrected chi connectivity index (χ3v) is 2.74. The zero-order chi connectivity index (χ0) is 11.7. The molecule has 1 aromatic carbocycles. The Morgan fingerprint density at radius 1 is 1.38 bits per heavy atom. The largest absolute Gasteiger partial charge is 0.380 e. The lowest BCUT2D eigenvalue weighted by Gasteiger charge is -2.09. The second-order valence-corrected chi connectivity index (χ2v) is 4.22. The molecule has 0 N–H and O–H groups in total. The zero-order valence-electron chi connectivity index (χ0n) is 9.83. The Bertz CT molecular complexity index is 502. The first-order chi connectivity index (χ1) is 7.65. The summed E-state index contributed by atoms with van der Waals surface area (Å²) in [7, 11) is 1.65. The van der Waals surface area contributed by atoms with Crippen molar-refractivity contribution in [1.29, 1.82) is 0 Å². The molecule has 86 valence electrons. The Hall–Kier alpha value is -1.35. The summed E-state index contributed by atoms with van der Waals surface area (Å²) in [6, 6.07) is 5.41. The summed E-state index contributed by atoms with van der Waals surface area (Å²) >= 11 is 0. The summed E-state index contributed by atoms with van der Waals surface area (Å²) in [5.74, 6) is -0.173. The molecule has 0 aliphatic carbocycles. The molecule has 0 amide bonds. The molecular weight excluding hydrogens is 205 g/mol. The number of hydrogen-bond acceptors (Lipinski definition) is 1. The van der Waals surface area contributed by atoms with E-state index in [2.05, 4.69) is 0 Å². The summed E-state index contributed by atoms with van der Waals surface area (Å²) in [6.07, 6.45) is 1.97. The van der Waals surface area contributed by atoms with Gasteiger partial charge < -0.3 is 9.30 Å². The van der Waals surface area contributed by atoms with Crippen LogP contribution in [0.2, 0.25) is 0 Å². The van der Waals surface area contributed by atoms with Crippen LogP contribution in [0.1, 0.15) is 25.5 Å². The average Bonchev–Trinajstić information content (AvgIpc) is 2.60. The van der Waals surface area contributed by atoms with Crippen LogP contribution in [0, 0.1) is 5.82 Å². The lowest BCUT2D eigenvalue weighted by Crippen LogP contribution is -1.99. The highest BCUT2D eigenvalue weighted by Gasteiger charge is 2.13. The van der Waals surface area contributed by atoms with E-state index in [-0.39, 0.29) is 11.9 Å². The topological polar surface area (TPSA) is 14.2 Å². The molecule has 0 bridgehead atoms. The third kappa shape index (κ3) is 1.71. The molecule has 0 saturated carbocycles. The molecule has 2 aromatic rings. The molecule has 0 spiro atoms. The summed E-state index contributed by atoms with van der Waals surface area (Å²) in [5, 5.41) is 0.940. The minimum atomic E-state index is -0.173. The number of aromatic nitrogens is 1. The monoisotopic (exact) mass is 221 g/mol. The van der Waals surface area contributed by atoms with Crippen LogP contribution in [-0.2, 0) is 11.3 Å². The Morgan fingerprint density at radius 2 is 2.12 bits per heavy atom. The van der Waals surface area contributed by atoms with Crippen molar-refractivity contribution in [2.24, 2.45) is 0 Å². The summed E-state index contributed by atoms with van der Waals surface area (Å²) in [5.41, 5.74) is 1.70. The predicted octanol–water partition coefficient (Wildman–Crippen LogP) is 3.51. The molecule has 0 unspecified atom stereocenters. The van der Waals surface area contributed by atoms with Crippen LogP contribution in [-0.4, -0.2) is 11.7 Å². The van der Waals surface area contributed by atoms with Crippen LogP contribution in [0.15, 0.2) is 24.4 Å². The predicted molar refractivity (Wildman–Crippen MR) is 63.0 cm³/mol. The van der Waals surface area contributed by atoms with Gasteiger partial charge in [0.15, 0.2) is 0 Å². The third-order valence-electron chi connectivity index (χ3n) is 2.74. The molecule has 2 rings (SSSR count). The SMILES string of the molecule is COCc1cn(C(C)C)c2c(F)cccc12. The van der Waals surface area contributed by atoms with Crippen LogP contribution in [0.3, 0.4) is 0 Å². The minimum Gasteiger partial charge on any atom is -0.380 e. The van der Waals surface area contributed by atoms with Crippen LogP contribution in [0.5, 0.6) is 0 Å². The second kappa shape index (κ2) is 4.26. The van der Waals surface area contributed by atoms with E-state index < -0.39 is 0 Å². The van der Waals surface area contributed by atoms with Crippen LogP contribution in [0.25, 0.3) is 10.9 Å². The maximum Gasteiger partial charge on any atom is 0.147 e. The van der Waals surface area contributed by atoms with Crippen LogP contribution >= 0.6 is 0 Å². The van der Waals surface area contributed by atoms with Crippen molar-refractivity contribution >= 4 is 10.9 Å². The highest BCUT2D eigenvalue weighted by atomic mass is 19.1. The summed E-state index contributed by atoms with van der Waals surface area (Å²) < 4.78 is 20.9. The van der Waals surface area contributed by atoms with Gasteiger partial charge in [-0.15, -0.1) is 0 Å². The number of benzene rings is 1. The van der Waals surface area contributed by atoms with Crippen LogP contribution in [0.4, 0.5) is 4.39 Å². The Morgan fingerprint density at radius 3 is 2.75 bits per heavy atom. The number of fused-ring (bicyclic) bond motifs is 1. The van der Waals surface area contributed by atoms with E-state index in [0.29, 0.717) is 12.1 Å². The van der Waals surface area contributed by atoms with Gasteiger partial charge in [0.25, 0.3) is 0 Å². The van der Waals surface area contributed by atoms with Crippen molar-refractivity contribution in [2.45, 2.75) is 26.5 Å². The van der Waals surface area contributed by atoms with Gasteiger partial charge in [0.2, 0.25) is 0 Å². The Balaban J connectivity index is 2.71. The van der Waals surface area contributed by atoms with E-state index in [1.807, 2.05) is 30.7 Å². The van der Waals surface area contributed by atoms with Gasteiger partial charge in [-0.05, 0) is 19.9 Å². The highest BCUT2D eigenvalue weighted by molar-refractivity contribution is 5.84. The number of rotatable bonds is 3. The minimum absolute atomic E-state index is 0.173. The van der Waals surface area contributed by atoms with Crippen molar-refractivity contribution in [2.75, 3.05) is 7.11 Å². The fourth-order valence-electron chi connectivity index (χ4n) is 2.02. The number of nitrogens with zero attached hydrogens (tertiary/aromatic N) is 1. The number of para-hydroxylation sites is 1. The smallest absolute Gasteiger partial charge is 0.147 e. The van der Waals surface area contributed by atoms with E-state index in [1.165, 1.54) is 6.07 Å². The van der Waals surface area contributed by atoms with Crippen molar-refractivity contribution in [3.8, 4) is 0 Å². The Labute approximate surface area is 94.6 Å². The fraction of sp³-hybridized carbons (Fsp3) is 0.385. The van der Waals surface area contributed by atoms with Crippen molar-refractivity contribution in [3.63, 3.8) is 0 Å². The molecule has 3 heteroatoms. The molecule has 1 heterocycles. The van der Waals surface area contributed by atoms with Crippen molar-refractivity contribution in [3.05, 3.63) is 35.8 Å². The van der Waals surface area contributed by atoms with Gasteiger partial charge in [-0.3, -0.25) is 0 Å².